The summed E-state index contributed by atoms with van der Waals surface area (Å²) in [5, 5.41) is 0. The third-order valence-corrected chi connectivity index (χ3v) is 5.43. The molecular weight excluding hydrogens is 325 g/mol. The van der Waals surface area contributed by atoms with Gasteiger partial charge in [0.25, 0.3) is 0 Å². The molecule has 0 heterocycles. The van der Waals surface area contributed by atoms with E-state index in [0.717, 1.165) is 0 Å². The van der Waals surface area contributed by atoms with E-state index >= 15 is 0 Å². The molecule has 0 atom stereocenters. The second-order valence-electron chi connectivity index (χ2n) is 7.92. The summed E-state index contributed by atoms with van der Waals surface area (Å²) in [6.07, 6.45) is 21.0. The van der Waals surface area contributed by atoms with Gasteiger partial charge in [0, 0.05) is 27.2 Å². The Bertz CT molecular complexity index is 393. The fourth-order valence-corrected chi connectivity index (χ4v) is 3.71. The molecule has 1 rings (SSSR count). The van der Waals surface area contributed by atoms with Crippen molar-refractivity contribution in [2.75, 3.05) is 18.0 Å². The molecule has 0 bridgehead atoms. The third kappa shape index (κ3) is 14.8. The van der Waals surface area contributed by atoms with E-state index in [9.17, 15) is 0 Å². The first-order valence-electron chi connectivity index (χ1n) is 11.7. The number of para-hydroxylation sites is 1. The van der Waals surface area contributed by atoms with Crippen molar-refractivity contribution in [2.45, 2.75) is 110 Å². The molecule has 0 fully saturated rings. The summed E-state index contributed by atoms with van der Waals surface area (Å²) < 4.78 is 0. The minimum atomic E-state index is 0. The maximum absolute atomic E-state index is 2.63. The molecule has 1 aromatic rings. The van der Waals surface area contributed by atoms with Crippen molar-refractivity contribution in [3.05, 3.63) is 30.3 Å². The van der Waals surface area contributed by atoms with Gasteiger partial charge in [-0.05, 0) is 25.0 Å². The van der Waals surface area contributed by atoms with Gasteiger partial charge in [0.05, 0.1) is 0 Å². The summed E-state index contributed by atoms with van der Waals surface area (Å²) in [5.74, 6) is 0. The summed E-state index contributed by atoms with van der Waals surface area (Å²) >= 11 is 0. The highest BCUT2D eigenvalue weighted by Gasteiger charge is 2.05. The van der Waals surface area contributed by atoms with E-state index in [-0.39, 0.29) is 8.41 Å². The Morgan fingerprint density at radius 2 is 0.889 bits per heavy atom. The van der Waals surface area contributed by atoms with Crippen molar-refractivity contribution < 1.29 is 0 Å². The molecule has 0 unspecified atom stereocenters. The largest absolute Gasteiger partial charge is 0.372 e. The zero-order chi connectivity index (χ0) is 18.7. The number of hydrogen-bond donors (Lipinski definition) is 0. The van der Waals surface area contributed by atoms with Gasteiger partial charge in [0.15, 0.2) is 0 Å². The van der Waals surface area contributed by atoms with Gasteiger partial charge >= 0.3 is 0 Å². The van der Waals surface area contributed by atoms with Crippen LogP contribution < -0.4 is 4.90 Å². The number of unbranched alkanes of at least 4 members (excludes halogenated alkanes) is 13. The van der Waals surface area contributed by atoms with E-state index in [1.807, 2.05) is 0 Å². The second kappa shape index (κ2) is 19.8. The molecule has 0 amide bonds. The molecule has 27 heavy (non-hydrogen) atoms. The average molecular weight is 370 g/mol. The first-order valence-corrected chi connectivity index (χ1v) is 11.7. The summed E-state index contributed by atoms with van der Waals surface area (Å²) in [7, 11) is 0. The lowest BCUT2D eigenvalue weighted by atomic mass is 10.1. The van der Waals surface area contributed by atoms with Crippen molar-refractivity contribution in [3.63, 3.8) is 0 Å². The van der Waals surface area contributed by atoms with E-state index in [4.69, 9.17) is 0 Å². The van der Waals surface area contributed by atoms with Gasteiger partial charge in [-0.25, -0.2) is 0 Å². The van der Waals surface area contributed by atoms with E-state index < -0.39 is 0 Å². The summed E-state index contributed by atoms with van der Waals surface area (Å²) in [4.78, 5) is 2.63. The summed E-state index contributed by atoms with van der Waals surface area (Å²) in [6, 6.07) is 11.1. The van der Waals surface area contributed by atoms with Crippen LogP contribution in [-0.2, 0) is 0 Å². The minimum absolute atomic E-state index is 0. The first kappa shape index (κ1) is 26.1. The van der Waals surface area contributed by atoms with Crippen LogP contribution in [0.15, 0.2) is 30.3 Å². The molecule has 1 aromatic carbocycles. The van der Waals surface area contributed by atoms with Crippen LogP contribution in [0, 0.1) is 0 Å². The van der Waals surface area contributed by atoms with Crippen LogP contribution in [0.5, 0.6) is 0 Å². The fraction of sp³-hybridized carbons (Fsp3) is 0.760. The predicted molar refractivity (Wildman–Crippen MR) is 125 cm³/mol. The highest BCUT2D eigenvalue weighted by molar-refractivity contribution is 5.75. The average Bonchev–Trinajstić information content (AvgIpc) is 2.68. The van der Waals surface area contributed by atoms with E-state index in [1.165, 1.54) is 115 Å². The summed E-state index contributed by atoms with van der Waals surface area (Å²) in [6.45, 7) is 7.05. The SMILES string of the molecule is CCCCCCCCCCN(CCCCCCCCC)c1ccccc1.[B]. The zero-order valence-corrected chi connectivity index (χ0v) is 18.4. The number of hydrogen-bond acceptors (Lipinski definition) is 1. The van der Waals surface area contributed by atoms with E-state index in [2.05, 4.69) is 49.1 Å². The Morgan fingerprint density at radius 3 is 1.30 bits per heavy atom. The van der Waals surface area contributed by atoms with Crippen LogP contribution >= 0.6 is 0 Å². The van der Waals surface area contributed by atoms with Crippen LogP contribution in [0.1, 0.15) is 110 Å². The minimum Gasteiger partial charge on any atom is -0.372 e. The second-order valence-corrected chi connectivity index (χ2v) is 7.92. The Morgan fingerprint density at radius 1 is 0.519 bits per heavy atom. The van der Waals surface area contributed by atoms with Crippen molar-refractivity contribution in [3.8, 4) is 0 Å². The molecule has 0 aliphatic rings. The Kier molecular flexibility index (Phi) is 19.2. The molecule has 0 aromatic heterocycles. The highest BCUT2D eigenvalue weighted by atomic mass is 15.1. The maximum atomic E-state index is 2.63. The lowest BCUT2D eigenvalue weighted by molar-refractivity contribution is 0.559. The molecule has 1 nitrogen and oxygen atoms in total. The van der Waals surface area contributed by atoms with Gasteiger partial charge in [-0.1, -0.05) is 116 Å². The van der Waals surface area contributed by atoms with Gasteiger partial charge < -0.3 is 4.90 Å². The standard InChI is InChI=1S/C25H45N.B/c1-3-5-7-9-11-13-15-20-24-26(25-21-17-16-18-22-25)23-19-14-12-10-8-6-4-2;/h16-18,21-22H,3-15,19-20,23-24H2,1-2H3;. The quantitative estimate of drug-likeness (QED) is 0.187. The zero-order valence-electron chi connectivity index (χ0n) is 18.4. The third-order valence-electron chi connectivity index (χ3n) is 5.43. The van der Waals surface area contributed by atoms with Gasteiger partial charge in [-0.3, -0.25) is 0 Å². The molecular formula is C25H45BN. The fourth-order valence-electron chi connectivity index (χ4n) is 3.71. The van der Waals surface area contributed by atoms with Crippen LogP contribution in [-0.4, -0.2) is 21.5 Å². The molecule has 2 heteroatoms. The van der Waals surface area contributed by atoms with Gasteiger partial charge in [0.2, 0.25) is 0 Å². The monoisotopic (exact) mass is 370 g/mol. The Labute approximate surface area is 172 Å². The van der Waals surface area contributed by atoms with Crippen LogP contribution in [0.25, 0.3) is 0 Å². The Balaban J connectivity index is 0.00000676. The predicted octanol–water partition coefficient (Wildman–Crippen LogP) is 8.00. The Hall–Kier alpha value is -0.915. The first-order chi connectivity index (χ1) is 12.9. The topological polar surface area (TPSA) is 3.24 Å². The van der Waals surface area contributed by atoms with Crippen LogP contribution in [0.3, 0.4) is 0 Å². The molecule has 153 valence electrons. The van der Waals surface area contributed by atoms with Crippen LogP contribution in [0.2, 0.25) is 0 Å². The molecule has 0 spiro atoms. The van der Waals surface area contributed by atoms with E-state index in [0.29, 0.717) is 0 Å². The molecule has 3 radical (unpaired) electrons. The summed E-state index contributed by atoms with van der Waals surface area (Å²) in [5.41, 5.74) is 1.42. The van der Waals surface area contributed by atoms with Crippen molar-refractivity contribution in [2.24, 2.45) is 0 Å². The van der Waals surface area contributed by atoms with Crippen molar-refractivity contribution >= 4 is 14.1 Å². The van der Waals surface area contributed by atoms with Crippen LogP contribution in [0.4, 0.5) is 5.69 Å². The number of nitrogens with zero attached hydrogens (tertiary/aromatic N) is 1. The molecule has 0 saturated carbocycles. The number of rotatable bonds is 18. The van der Waals surface area contributed by atoms with Crippen molar-refractivity contribution in [1.29, 1.82) is 0 Å². The molecule has 0 aliphatic heterocycles. The highest BCUT2D eigenvalue weighted by Crippen LogP contribution is 2.17. The van der Waals surface area contributed by atoms with Gasteiger partial charge in [-0.2, -0.15) is 0 Å². The maximum Gasteiger partial charge on any atom is 0.0366 e. The smallest absolute Gasteiger partial charge is 0.0366 e. The molecule has 0 saturated heterocycles. The lowest BCUT2D eigenvalue weighted by Gasteiger charge is -2.25. The molecule has 0 N–H and O–H groups in total. The number of anilines is 1. The lowest BCUT2D eigenvalue weighted by Crippen LogP contribution is -2.25. The van der Waals surface area contributed by atoms with Crippen molar-refractivity contribution in [1.82, 2.24) is 0 Å². The van der Waals surface area contributed by atoms with Gasteiger partial charge in [0.1, 0.15) is 0 Å². The van der Waals surface area contributed by atoms with Gasteiger partial charge in [-0.15, -0.1) is 0 Å². The number of benzene rings is 1. The van der Waals surface area contributed by atoms with E-state index in [1.54, 1.807) is 0 Å². The molecule has 0 aliphatic carbocycles. The normalized spacial score (nSPS) is 10.6.